The normalized spacial score (nSPS) is 23.7. The smallest absolute Gasteiger partial charge is 0.410 e. The molecule has 0 aliphatic carbocycles. The van der Waals surface area contributed by atoms with Gasteiger partial charge in [-0.2, -0.15) is 0 Å². The average molecular weight is 525 g/mol. The molecular weight excluding hydrogens is 484 g/mol. The number of ether oxygens (including phenoxy) is 2. The summed E-state index contributed by atoms with van der Waals surface area (Å²) in [6, 6.07) is 17.2. The fourth-order valence-electron chi connectivity index (χ4n) is 5.04. The van der Waals surface area contributed by atoms with E-state index in [0.717, 1.165) is 50.1 Å². The SMILES string of the molecule is O=C(OCc1ccccc1)[C@H]1[C@@H](O)C(N2CCNCCCCCNCC2)CN1C(=O)OCc1ccccc1. The van der Waals surface area contributed by atoms with Crippen LogP contribution in [0.3, 0.4) is 0 Å². The molecule has 38 heavy (non-hydrogen) atoms. The van der Waals surface area contributed by atoms with Crippen molar-refractivity contribution in [1.29, 1.82) is 0 Å². The predicted molar refractivity (Wildman–Crippen MR) is 144 cm³/mol. The van der Waals surface area contributed by atoms with Crippen LogP contribution in [-0.2, 0) is 27.5 Å². The highest BCUT2D eigenvalue weighted by molar-refractivity contribution is 5.83. The Labute approximate surface area is 225 Å². The molecule has 2 aliphatic rings. The van der Waals surface area contributed by atoms with Crippen LogP contribution in [0.25, 0.3) is 0 Å². The van der Waals surface area contributed by atoms with Gasteiger partial charge in [0.25, 0.3) is 0 Å². The topological polar surface area (TPSA) is 103 Å². The first-order valence-corrected chi connectivity index (χ1v) is 13.6. The van der Waals surface area contributed by atoms with Crippen molar-refractivity contribution in [3.63, 3.8) is 0 Å². The van der Waals surface area contributed by atoms with Crippen LogP contribution in [0.4, 0.5) is 4.79 Å². The molecule has 9 heteroatoms. The molecule has 206 valence electrons. The zero-order chi connectivity index (χ0) is 26.6. The number of carbonyl (C=O) groups is 2. The fourth-order valence-corrected chi connectivity index (χ4v) is 5.04. The maximum atomic E-state index is 13.3. The van der Waals surface area contributed by atoms with Gasteiger partial charge in [0, 0.05) is 32.7 Å². The zero-order valence-corrected chi connectivity index (χ0v) is 22.0. The summed E-state index contributed by atoms with van der Waals surface area (Å²) in [5, 5.41) is 18.4. The first kappa shape index (κ1) is 28.0. The Hall–Kier alpha value is -2.98. The number of likely N-dealkylation sites (tertiary alicyclic amines) is 1. The van der Waals surface area contributed by atoms with Gasteiger partial charge >= 0.3 is 12.1 Å². The lowest BCUT2D eigenvalue weighted by atomic mass is 10.1. The number of aliphatic hydroxyl groups excluding tert-OH is 1. The quantitative estimate of drug-likeness (QED) is 0.494. The van der Waals surface area contributed by atoms with Crippen LogP contribution in [0.1, 0.15) is 30.4 Å². The molecule has 3 N–H and O–H groups in total. The van der Waals surface area contributed by atoms with Gasteiger partial charge in [0.05, 0.1) is 6.04 Å². The van der Waals surface area contributed by atoms with E-state index < -0.39 is 30.3 Å². The zero-order valence-electron chi connectivity index (χ0n) is 22.0. The highest BCUT2D eigenvalue weighted by Crippen LogP contribution is 2.26. The van der Waals surface area contributed by atoms with E-state index in [1.54, 1.807) is 0 Å². The minimum atomic E-state index is -1.14. The van der Waals surface area contributed by atoms with E-state index in [9.17, 15) is 14.7 Å². The summed E-state index contributed by atoms with van der Waals surface area (Å²) < 4.78 is 11.2. The molecule has 2 fully saturated rings. The van der Waals surface area contributed by atoms with Crippen molar-refractivity contribution in [3.8, 4) is 0 Å². The van der Waals surface area contributed by atoms with Crippen molar-refractivity contribution in [2.45, 2.75) is 50.7 Å². The van der Waals surface area contributed by atoms with Gasteiger partial charge in [-0.05, 0) is 37.1 Å². The minimum absolute atomic E-state index is 0.0675. The second kappa shape index (κ2) is 14.8. The molecule has 2 aliphatic heterocycles. The molecule has 3 atom stereocenters. The molecule has 1 unspecified atom stereocenters. The number of benzene rings is 2. The summed E-state index contributed by atoms with van der Waals surface area (Å²) in [6.45, 7) is 5.17. The van der Waals surface area contributed by atoms with Crippen molar-refractivity contribution >= 4 is 12.1 Å². The molecular formula is C29H40N4O5. The molecule has 0 aromatic heterocycles. The lowest BCUT2D eigenvalue weighted by molar-refractivity contribution is -0.153. The number of aliphatic hydroxyl groups is 1. The van der Waals surface area contributed by atoms with Crippen LogP contribution in [0.5, 0.6) is 0 Å². The predicted octanol–water partition coefficient (Wildman–Crippen LogP) is 2.15. The Morgan fingerprint density at radius 2 is 1.34 bits per heavy atom. The van der Waals surface area contributed by atoms with Gasteiger partial charge < -0.3 is 25.2 Å². The van der Waals surface area contributed by atoms with Crippen LogP contribution in [-0.4, -0.2) is 91.0 Å². The molecule has 9 nitrogen and oxygen atoms in total. The van der Waals surface area contributed by atoms with Crippen LogP contribution in [0, 0.1) is 0 Å². The Balaban J connectivity index is 1.47. The highest BCUT2D eigenvalue weighted by Gasteiger charge is 2.50. The van der Waals surface area contributed by atoms with Crippen molar-refractivity contribution in [2.75, 3.05) is 45.8 Å². The summed E-state index contributed by atoms with van der Waals surface area (Å²) in [7, 11) is 0. The van der Waals surface area contributed by atoms with E-state index in [2.05, 4.69) is 15.5 Å². The third-order valence-corrected chi connectivity index (χ3v) is 7.17. The van der Waals surface area contributed by atoms with Crippen LogP contribution < -0.4 is 10.6 Å². The van der Waals surface area contributed by atoms with Crippen molar-refractivity contribution in [1.82, 2.24) is 20.4 Å². The molecule has 0 spiro atoms. The number of amides is 1. The number of rotatable bonds is 6. The maximum absolute atomic E-state index is 13.3. The number of nitrogens with zero attached hydrogens (tertiary/aromatic N) is 2. The molecule has 0 radical (unpaired) electrons. The molecule has 2 aromatic carbocycles. The van der Waals surface area contributed by atoms with Gasteiger partial charge in [-0.3, -0.25) is 9.80 Å². The van der Waals surface area contributed by atoms with Gasteiger partial charge in [0.1, 0.15) is 19.3 Å². The number of nitrogens with one attached hydrogen (secondary N) is 2. The van der Waals surface area contributed by atoms with Gasteiger partial charge in [0.15, 0.2) is 6.04 Å². The summed E-state index contributed by atoms with van der Waals surface area (Å²) in [5.74, 6) is -0.633. The summed E-state index contributed by atoms with van der Waals surface area (Å²) in [4.78, 5) is 30.0. The molecule has 2 aromatic rings. The third-order valence-electron chi connectivity index (χ3n) is 7.17. The van der Waals surface area contributed by atoms with E-state index in [1.807, 2.05) is 60.7 Å². The molecule has 0 saturated carbocycles. The highest BCUT2D eigenvalue weighted by atomic mass is 16.6. The Kier molecular flexibility index (Phi) is 10.9. The number of esters is 1. The van der Waals surface area contributed by atoms with E-state index >= 15 is 0 Å². The minimum Gasteiger partial charge on any atom is -0.459 e. The number of hydrogen-bond acceptors (Lipinski definition) is 8. The second-order valence-electron chi connectivity index (χ2n) is 9.89. The lowest BCUT2D eigenvalue weighted by Gasteiger charge is -2.31. The standard InChI is InChI=1S/C29H40N4O5/c34-27-25(32-18-16-30-14-8-3-9-15-31-17-19-32)20-33(29(36)38-22-24-12-6-2-7-13-24)26(27)28(35)37-21-23-10-4-1-5-11-23/h1-2,4-7,10-13,25-27,30-31,34H,3,8-9,14-22H2/t25?,26-,27+/m1/s1. The summed E-state index contributed by atoms with van der Waals surface area (Å²) in [5.41, 5.74) is 1.68. The van der Waals surface area contributed by atoms with Crippen LogP contribution >= 0.6 is 0 Å². The van der Waals surface area contributed by atoms with Gasteiger partial charge in [-0.15, -0.1) is 0 Å². The molecule has 2 heterocycles. The van der Waals surface area contributed by atoms with Gasteiger partial charge in [0.2, 0.25) is 0 Å². The van der Waals surface area contributed by atoms with Gasteiger partial charge in [-0.1, -0.05) is 67.1 Å². The first-order chi connectivity index (χ1) is 18.6. The Morgan fingerprint density at radius 3 is 1.92 bits per heavy atom. The second-order valence-corrected chi connectivity index (χ2v) is 9.89. The monoisotopic (exact) mass is 524 g/mol. The maximum Gasteiger partial charge on any atom is 0.410 e. The number of carbonyl (C=O) groups excluding carboxylic acids is 2. The Morgan fingerprint density at radius 1 is 0.789 bits per heavy atom. The largest absolute Gasteiger partial charge is 0.459 e. The third kappa shape index (κ3) is 8.01. The van der Waals surface area contributed by atoms with E-state index in [-0.39, 0.29) is 19.8 Å². The summed E-state index contributed by atoms with van der Waals surface area (Å²) >= 11 is 0. The Bertz CT molecular complexity index is 981. The van der Waals surface area contributed by atoms with E-state index in [0.29, 0.717) is 13.1 Å². The average Bonchev–Trinajstić information content (AvgIpc) is 3.29. The fraction of sp³-hybridized carbons (Fsp3) is 0.517. The first-order valence-electron chi connectivity index (χ1n) is 13.6. The van der Waals surface area contributed by atoms with Crippen molar-refractivity contribution < 1.29 is 24.2 Å². The van der Waals surface area contributed by atoms with Crippen molar-refractivity contribution in [3.05, 3.63) is 71.8 Å². The van der Waals surface area contributed by atoms with Crippen molar-refractivity contribution in [2.24, 2.45) is 0 Å². The van der Waals surface area contributed by atoms with E-state index in [4.69, 9.17) is 9.47 Å². The van der Waals surface area contributed by atoms with Crippen LogP contribution in [0.15, 0.2) is 60.7 Å². The summed E-state index contributed by atoms with van der Waals surface area (Å²) in [6.07, 6.45) is 1.71. The molecule has 1 amide bonds. The molecule has 4 rings (SSSR count). The van der Waals surface area contributed by atoms with Gasteiger partial charge in [-0.25, -0.2) is 9.59 Å². The lowest BCUT2D eigenvalue weighted by Crippen LogP contribution is -2.50. The molecule has 2 saturated heterocycles. The van der Waals surface area contributed by atoms with Crippen LogP contribution in [0.2, 0.25) is 0 Å². The number of hydrogen-bond donors (Lipinski definition) is 3. The van der Waals surface area contributed by atoms with E-state index in [1.165, 1.54) is 11.3 Å². The molecule has 0 bridgehead atoms.